The number of carbonyl (C=O) groups is 1. The highest BCUT2D eigenvalue weighted by atomic mass is 79.9. The van der Waals surface area contributed by atoms with Gasteiger partial charge in [0.15, 0.2) is 0 Å². The SMILES string of the molecule is CCNc1ccc(Br)cc1NC(=O)C(C)COC. The number of amides is 1. The number of methoxy groups -OCH3 is 1. The van der Waals surface area contributed by atoms with Crippen molar-refractivity contribution in [3.8, 4) is 0 Å². The molecule has 100 valence electrons. The summed E-state index contributed by atoms with van der Waals surface area (Å²) in [6.07, 6.45) is 0. The van der Waals surface area contributed by atoms with Crippen LogP contribution in [0.5, 0.6) is 0 Å². The first-order chi connectivity index (χ1) is 8.58. The summed E-state index contributed by atoms with van der Waals surface area (Å²) < 4.78 is 5.91. The molecule has 0 aliphatic heterocycles. The molecule has 1 aromatic carbocycles. The van der Waals surface area contributed by atoms with E-state index in [1.165, 1.54) is 0 Å². The van der Waals surface area contributed by atoms with Crippen molar-refractivity contribution in [1.82, 2.24) is 0 Å². The molecule has 1 atom stereocenters. The van der Waals surface area contributed by atoms with Crippen LogP contribution in [0.3, 0.4) is 0 Å². The van der Waals surface area contributed by atoms with Gasteiger partial charge in [0.25, 0.3) is 0 Å². The summed E-state index contributed by atoms with van der Waals surface area (Å²) in [5.41, 5.74) is 1.69. The Morgan fingerprint density at radius 1 is 1.44 bits per heavy atom. The van der Waals surface area contributed by atoms with E-state index in [-0.39, 0.29) is 11.8 Å². The van der Waals surface area contributed by atoms with Gasteiger partial charge in [-0.15, -0.1) is 0 Å². The molecule has 4 nitrogen and oxygen atoms in total. The Morgan fingerprint density at radius 3 is 2.78 bits per heavy atom. The van der Waals surface area contributed by atoms with Gasteiger partial charge in [-0.05, 0) is 25.1 Å². The lowest BCUT2D eigenvalue weighted by Crippen LogP contribution is -2.24. The second kappa shape index (κ2) is 7.38. The molecule has 0 fully saturated rings. The summed E-state index contributed by atoms with van der Waals surface area (Å²) in [6, 6.07) is 5.76. The van der Waals surface area contributed by atoms with Gasteiger partial charge in [0.05, 0.1) is 23.9 Å². The van der Waals surface area contributed by atoms with Gasteiger partial charge >= 0.3 is 0 Å². The number of hydrogen-bond acceptors (Lipinski definition) is 3. The molecule has 0 spiro atoms. The summed E-state index contributed by atoms with van der Waals surface area (Å²) in [5, 5.41) is 6.12. The van der Waals surface area contributed by atoms with Crippen LogP contribution >= 0.6 is 15.9 Å². The largest absolute Gasteiger partial charge is 0.384 e. The van der Waals surface area contributed by atoms with Gasteiger partial charge in [0.2, 0.25) is 5.91 Å². The standard InChI is InChI=1S/C13H19BrN2O2/c1-4-15-11-6-5-10(14)7-12(11)16-13(17)9(2)8-18-3/h5-7,9,15H,4,8H2,1-3H3,(H,16,17). The maximum atomic E-state index is 11.9. The highest BCUT2D eigenvalue weighted by Crippen LogP contribution is 2.26. The first-order valence-electron chi connectivity index (χ1n) is 5.91. The Morgan fingerprint density at radius 2 is 2.17 bits per heavy atom. The van der Waals surface area contributed by atoms with E-state index < -0.39 is 0 Å². The number of benzene rings is 1. The zero-order valence-electron chi connectivity index (χ0n) is 10.9. The van der Waals surface area contributed by atoms with Gasteiger partial charge in [-0.3, -0.25) is 4.79 Å². The fourth-order valence-electron chi connectivity index (χ4n) is 1.55. The maximum Gasteiger partial charge on any atom is 0.229 e. The molecular formula is C13H19BrN2O2. The highest BCUT2D eigenvalue weighted by Gasteiger charge is 2.14. The number of ether oxygens (including phenoxy) is 1. The van der Waals surface area contributed by atoms with Crippen molar-refractivity contribution >= 4 is 33.2 Å². The maximum absolute atomic E-state index is 11.9. The number of carbonyl (C=O) groups excluding carboxylic acids is 1. The normalized spacial score (nSPS) is 12.0. The van der Waals surface area contributed by atoms with Gasteiger partial charge in [0, 0.05) is 18.1 Å². The highest BCUT2D eigenvalue weighted by molar-refractivity contribution is 9.10. The lowest BCUT2D eigenvalue weighted by molar-refractivity contribution is -0.120. The van der Waals surface area contributed by atoms with Gasteiger partial charge in [-0.25, -0.2) is 0 Å². The van der Waals surface area contributed by atoms with Crippen LogP contribution in [-0.4, -0.2) is 26.2 Å². The van der Waals surface area contributed by atoms with Gasteiger partial charge < -0.3 is 15.4 Å². The number of anilines is 2. The van der Waals surface area contributed by atoms with E-state index in [0.717, 1.165) is 22.4 Å². The molecule has 1 rings (SSSR count). The molecule has 1 amide bonds. The van der Waals surface area contributed by atoms with Crippen molar-refractivity contribution in [2.45, 2.75) is 13.8 Å². The van der Waals surface area contributed by atoms with Crippen LogP contribution in [0.4, 0.5) is 11.4 Å². The van der Waals surface area contributed by atoms with E-state index >= 15 is 0 Å². The first-order valence-corrected chi connectivity index (χ1v) is 6.71. The summed E-state index contributed by atoms with van der Waals surface area (Å²) in [4.78, 5) is 11.9. The summed E-state index contributed by atoms with van der Waals surface area (Å²) in [7, 11) is 1.59. The zero-order valence-corrected chi connectivity index (χ0v) is 12.5. The Kier molecular flexibility index (Phi) is 6.15. The lowest BCUT2D eigenvalue weighted by atomic mass is 10.1. The Labute approximate surface area is 116 Å². The average molecular weight is 315 g/mol. The zero-order chi connectivity index (χ0) is 13.5. The molecule has 0 aliphatic rings. The van der Waals surface area contributed by atoms with Crippen molar-refractivity contribution in [1.29, 1.82) is 0 Å². The summed E-state index contributed by atoms with van der Waals surface area (Å²) >= 11 is 3.40. The van der Waals surface area contributed by atoms with Crippen LogP contribution < -0.4 is 10.6 Å². The number of nitrogens with one attached hydrogen (secondary N) is 2. The van der Waals surface area contributed by atoms with E-state index in [1.807, 2.05) is 32.0 Å². The van der Waals surface area contributed by atoms with Crippen LogP contribution in [0, 0.1) is 5.92 Å². The van der Waals surface area contributed by atoms with E-state index in [0.29, 0.717) is 6.61 Å². The monoisotopic (exact) mass is 314 g/mol. The molecule has 1 unspecified atom stereocenters. The number of rotatable bonds is 6. The quantitative estimate of drug-likeness (QED) is 0.848. The third-order valence-electron chi connectivity index (χ3n) is 2.47. The Balaban J connectivity index is 2.81. The molecule has 2 N–H and O–H groups in total. The number of hydrogen-bond donors (Lipinski definition) is 2. The third kappa shape index (κ3) is 4.31. The molecule has 0 aromatic heterocycles. The Hall–Kier alpha value is -1.07. The topological polar surface area (TPSA) is 50.4 Å². The van der Waals surface area contributed by atoms with Crippen molar-refractivity contribution in [2.75, 3.05) is 30.9 Å². The molecule has 0 bridgehead atoms. The van der Waals surface area contributed by atoms with Gasteiger partial charge in [-0.2, -0.15) is 0 Å². The van der Waals surface area contributed by atoms with Crippen LogP contribution in [-0.2, 0) is 9.53 Å². The second-order valence-electron chi connectivity index (χ2n) is 4.07. The molecule has 5 heteroatoms. The third-order valence-corrected chi connectivity index (χ3v) is 2.96. The predicted octanol–water partition coefficient (Wildman–Crippen LogP) is 3.10. The van der Waals surface area contributed by atoms with Crippen LogP contribution in [0.2, 0.25) is 0 Å². The van der Waals surface area contributed by atoms with E-state index in [1.54, 1.807) is 7.11 Å². The van der Waals surface area contributed by atoms with Crippen molar-refractivity contribution in [3.05, 3.63) is 22.7 Å². The van der Waals surface area contributed by atoms with Crippen LogP contribution in [0.1, 0.15) is 13.8 Å². The minimum absolute atomic E-state index is 0.0471. The minimum Gasteiger partial charge on any atom is -0.384 e. The fraction of sp³-hybridized carbons (Fsp3) is 0.462. The fourth-order valence-corrected chi connectivity index (χ4v) is 1.91. The minimum atomic E-state index is -0.177. The van der Waals surface area contributed by atoms with Crippen LogP contribution in [0.25, 0.3) is 0 Å². The van der Waals surface area contributed by atoms with Crippen molar-refractivity contribution < 1.29 is 9.53 Å². The molecule has 0 aliphatic carbocycles. The lowest BCUT2D eigenvalue weighted by Gasteiger charge is -2.15. The van der Waals surface area contributed by atoms with Gasteiger partial charge in [-0.1, -0.05) is 22.9 Å². The molecule has 0 saturated carbocycles. The summed E-state index contributed by atoms with van der Waals surface area (Å²) in [5.74, 6) is -0.224. The van der Waals surface area contributed by atoms with E-state index in [9.17, 15) is 4.79 Å². The molecule has 0 heterocycles. The van der Waals surface area contributed by atoms with Gasteiger partial charge in [0.1, 0.15) is 0 Å². The summed E-state index contributed by atoms with van der Waals surface area (Å²) in [6.45, 7) is 5.07. The molecule has 18 heavy (non-hydrogen) atoms. The van der Waals surface area contributed by atoms with Crippen molar-refractivity contribution in [3.63, 3.8) is 0 Å². The molecule has 0 saturated heterocycles. The van der Waals surface area contributed by atoms with E-state index in [2.05, 4.69) is 26.6 Å². The molecule has 0 radical (unpaired) electrons. The smallest absolute Gasteiger partial charge is 0.229 e. The molecular weight excluding hydrogens is 296 g/mol. The molecule has 1 aromatic rings. The average Bonchev–Trinajstić information content (AvgIpc) is 2.33. The van der Waals surface area contributed by atoms with Crippen molar-refractivity contribution in [2.24, 2.45) is 5.92 Å². The first kappa shape index (κ1) is 15.0. The second-order valence-corrected chi connectivity index (χ2v) is 4.98. The van der Waals surface area contributed by atoms with E-state index in [4.69, 9.17) is 4.74 Å². The number of halogens is 1. The Bertz CT molecular complexity index is 410. The van der Waals surface area contributed by atoms with Crippen LogP contribution in [0.15, 0.2) is 22.7 Å². The predicted molar refractivity (Wildman–Crippen MR) is 78.0 cm³/mol.